The molecule has 0 aromatic heterocycles. The van der Waals surface area contributed by atoms with Gasteiger partial charge in [-0.1, -0.05) is 30.0 Å². The summed E-state index contributed by atoms with van der Waals surface area (Å²) in [5.74, 6) is -3.82. The summed E-state index contributed by atoms with van der Waals surface area (Å²) < 4.78 is 14.5. The first kappa shape index (κ1) is 19.4. The fourth-order valence-corrected chi connectivity index (χ4v) is 3.01. The molecule has 26 heavy (non-hydrogen) atoms. The number of hydrogen-bond donors (Lipinski definition) is 0. The zero-order chi connectivity index (χ0) is 19.3. The molecule has 1 aromatic carbocycles. The summed E-state index contributed by atoms with van der Waals surface area (Å²) in [5.41, 5.74) is 0. The summed E-state index contributed by atoms with van der Waals surface area (Å²) in [6.45, 7) is 0.752. The van der Waals surface area contributed by atoms with E-state index >= 15 is 0 Å². The fourth-order valence-electron chi connectivity index (χ4n) is 2.07. The van der Waals surface area contributed by atoms with Crippen LogP contribution in [-0.4, -0.2) is 59.0 Å². The standard InChI is InChI=1S/C16H15NO8S/c1-9(18)26-15-12(13(20)17(15)14(21)16(22)23-2)25-11(19)8-24-10-6-4-3-5-7-10/h3-7,12,15H,8H2,1-2H3. The van der Waals surface area contributed by atoms with E-state index in [0.29, 0.717) is 22.4 Å². The molecule has 1 aliphatic rings. The first-order chi connectivity index (χ1) is 12.3. The Hall–Kier alpha value is -2.88. The van der Waals surface area contributed by atoms with Gasteiger partial charge in [-0.25, -0.2) is 9.59 Å². The van der Waals surface area contributed by atoms with E-state index in [4.69, 9.17) is 9.47 Å². The van der Waals surface area contributed by atoms with Crippen molar-refractivity contribution in [3.05, 3.63) is 30.3 Å². The third-order valence-electron chi connectivity index (χ3n) is 3.22. The van der Waals surface area contributed by atoms with Crippen LogP contribution in [0.3, 0.4) is 0 Å². The number of hydrogen-bond acceptors (Lipinski definition) is 9. The molecule has 2 rings (SSSR count). The molecule has 9 nitrogen and oxygen atoms in total. The van der Waals surface area contributed by atoms with Gasteiger partial charge < -0.3 is 14.2 Å². The van der Waals surface area contributed by atoms with Gasteiger partial charge in [-0.05, 0) is 12.1 Å². The molecule has 0 spiro atoms. The van der Waals surface area contributed by atoms with Crippen molar-refractivity contribution in [1.82, 2.24) is 4.90 Å². The molecule has 2 amide bonds. The normalized spacial score (nSPS) is 18.5. The lowest BCUT2D eigenvalue weighted by atomic mass is 10.1. The predicted molar refractivity (Wildman–Crippen MR) is 87.7 cm³/mol. The molecule has 0 aliphatic carbocycles. The lowest BCUT2D eigenvalue weighted by Gasteiger charge is -2.42. The number of nitrogens with zero attached hydrogens (tertiary/aromatic N) is 1. The van der Waals surface area contributed by atoms with Crippen LogP contribution >= 0.6 is 11.8 Å². The van der Waals surface area contributed by atoms with Crippen molar-refractivity contribution in [1.29, 1.82) is 0 Å². The van der Waals surface area contributed by atoms with Crippen LogP contribution in [0.25, 0.3) is 0 Å². The number of methoxy groups -OCH3 is 1. The summed E-state index contributed by atoms with van der Waals surface area (Å²) >= 11 is 0.593. The lowest BCUT2D eigenvalue weighted by molar-refractivity contribution is -0.184. The lowest BCUT2D eigenvalue weighted by Crippen LogP contribution is -2.68. The molecule has 1 saturated heterocycles. The van der Waals surface area contributed by atoms with Gasteiger partial charge in [0.05, 0.1) is 7.11 Å². The first-order valence-corrected chi connectivity index (χ1v) is 8.23. The van der Waals surface area contributed by atoms with E-state index in [0.717, 1.165) is 7.11 Å². The third-order valence-corrected chi connectivity index (χ3v) is 4.25. The van der Waals surface area contributed by atoms with E-state index in [2.05, 4.69) is 4.74 Å². The monoisotopic (exact) mass is 381 g/mol. The molecule has 2 unspecified atom stereocenters. The van der Waals surface area contributed by atoms with Gasteiger partial charge in [0.15, 0.2) is 11.7 Å². The van der Waals surface area contributed by atoms with Gasteiger partial charge in [0, 0.05) is 6.92 Å². The Morgan fingerprint density at radius 3 is 2.38 bits per heavy atom. The number of benzene rings is 1. The molecule has 1 fully saturated rings. The van der Waals surface area contributed by atoms with Gasteiger partial charge in [0.2, 0.25) is 6.10 Å². The van der Waals surface area contributed by atoms with Gasteiger partial charge in [0.25, 0.3) is 5.91 Å². The molecule has 0 bridgehead atoms. The average molecular weight is 381 g/mol. The van der Waals surface area contributed by atoms with E-state index in [-0.39, 0.29) is 0 Å². The molecule has 1 aliphatic heterocycles. The minimum absolute atomic E-state index is 0.424. The highest BCUT2D eigenvalue weighted by atomic mass is 32.2. The average Bonchev–Trinajstić information content (AvgIpc) is 2.63. The smallest absolute Gasteiger partial charge is 0.397 e. The Kier molecular flexibility index (Phi) is 6.34. The summed E-state index contributed by atoms with van der Waals surface area (Å²) in [7, 11) is 0.982. The van der Waals surface area contributed by atoms with E-state index < -0.39 is 47.0 Å². The van der Waals surface area contributed by atoms with Crippen LogP contribution in [-0.2, 0) is 33.4 Å². The number of likely N-dealkylation sites (tertiary alicyclic amines) is 1. The Morgan fingerprint density at radius 2 is 1.81 bits per heavy atom. The van der Waals surface area contributed by atoms with Crippen molar-refractivity contribution in [2.45, 2.75) is 18.4 Å². The van der Waals surface area contributed by atoms with Crippen LogP contribution in [0, 0.1) is 0 Å². The highest BCUT2D eigenvalue weighted by molar-refractivity contribution is 8.14. The number of β-lactam (4-membered cyclic amide) rings is 1. The highest BCUT2D eigenvalue weighted by Gasteiger charge is 2.56. The SMILES string of the molecule is COC(=O)C(=O)N1C(=O)C(OC(=O)COc2ccccc2)C1SC(C)=O. The minimum Gasteiger partial charge on any atom is -0.482 e. The number of carbonyl (C=O) groups is 5. The Labute approximate surface area is 152 Å². The van der Waals surface area contributed by atoms with Gasteiger partial charge in [0.1, 0.15) is 11.1 Å². The van der Waals surface area contributed by atoms with E-state index in [1.165, 1.54) is 6.92 Å². The predicted octanol–water partition coefficient (Wildman–Crippen LogP) is 0.125. The molecule has 0 N–H and O–H groups in total. The molecule has 138 valence electrons. The second-order valence-electron chi connectivity index (χ2n) is 5.02. The Bertz CT molecular complexity index is 735. The zero-order valence-corrected chi connectivity index (χ0v) is 14.7. The number of imide groups is 1. The first-order valence-electron chi connectivity index (χ1n) is 7.35. The van der Waals surface area contributed by atoms with Gasteiger partial charge >= 0.3 is 17.8 Å². The van der Waals surface area contributed by atoms with Gasteiger partial charge in [-0.15, -0.1) is 0 Å². The Balaban J connectivity index is 1.99. The number of ether oxygens (including phenoxy) is 3. The van der Waals surface area contributed by atoms with Crippen LogP contribution in [0.1, 0.15) is 6.92 Å². The van der Waals surface area contributed by atoms with E-state index in [1.54, 1.807) is 30.3 Å². The maximum atomic E-state index is 12.1. The number of amides is 2. The second kappa shape index (κ2) is 8.48. The molecule has 1 aromatic rings. The summed E-state index contributed by atoms with van der Waals surface area (Å²) in [5, 5.41) is -1.56. The number of esters is 2. The molecule has 0 saturated carbocycles. The quantitative estimate of drug-likeness (QED) is 0.398. The van der Waals surface area contributed by atoms with Gasteiger partial charge in [-0.3, -0.25) is 19.3 Å². The molecule has 0 radical (unpaired) electrons. The number of para-hydroxylation sites is 1. The van der Waals surface area contributed by atoms with Crippen molar-refractivity contribution in [2.24, 2.45) is 0 Å². The van der Waals surface area contributed by atoms with E-state index in [1.807, 2.05) is 0 Å². The van der Waals surface area contributed by atoms with Crippen LogP contribution in [0.4, 0.5) is 0 Å². The van der Waals surface area contributed by atoms with Crippen LogP contribution in [0.15, 0.2) is 30.3 Å². The molecular weight excluding hydrogens is 366 g/mol. The van der Waals surface area contributed by atoms with Crippen molar-refractivity contribution in [3.8, 4) is 5.75 Å². The number of thioether (sulfide) groups is 1. The van der Waals surface area contributed by atoms with Crippen LogP contribution in [0.2, 0.25) is 0 Å². The topological polar surface area (TPSA) is 116 Å². The maximum absolute atomic E-state index is 12.1. The van der Waals surface area contributed by atoms with Crippen LogP contribution < -0.4 is 4.74 Å². The van der Waals surface area contributed by atoms with Gasteiger partial charge in [-0.2, -0.15) is 0 Å². The molecule has 2 atom stereocenters. The molecular formula is C16H15NO8S. The van der Waals surface area contributed by atoms with Crippen molar-refractivity contribution >= 4 is 40.6 Å². The largest absolute Gasteiger partial charge is 0.482 e. The molecule has 10 heteroatoms. The zero-order valence-electron chi connectivity index (χ0n) is 13.9. The maximum Gasteiger partial charge on any atom is 0.397 e. The molecule has 1 heterocycles. The number of rotatable bonds is 5. The van der Waals surface area contributed by atoms with Crippen molar-refractivity contribution < 1.29 is 38.2 Å². The van der Waals surface area contributed by atoms with Crippen molar-refractivity contribution in [3.63, 3.8) is 0 Å². The Morgan fingerprint density at radius 1 is 1.15 bits per heavy atom. The van der Waals surface area contributed by atoms with E-state index in [9.17, 15) is 24.0 Å². The van der Waals surface area contributed by atoms with Crippen LogP contribution in [0.5, 0.6) is 5.75 Å². The fraction of sp³-hybridized carbons (Fsp3) is 0.312. The van der Waals surface area contributed by atoms with Crippen molar-refractivity contribution in [2.75, 3.05) is 13.7 Å². The number of carbonyl (C=O) groups excluding carboxylic acids is 5. The minimum atomic E-state index is -1.37. The summed E-state index contributed by atoms with van der Waals surface area (Å²) in [6.07, 6.45) is -1.37. The summed E-state index contributed by atoms with van der Waals surface area (Å²) in [6, 6.07) is 8.46. The second-order valence-corrected chi connectivity index (χ2v) is 6.31. The summed E-state index contributed by atoms with van der Waals surface area (Å²) in [4.78, 5) is 59.0. The third kappa shape index (κ3) is 4.39. The highest BCUT2D eigenvalue weighted by Crippen LogP contribution is 2.33.